The van der Waals surface area contributed by atoms with E-state index in [1.807, 2.05) is 30.3 Å². The Morgan fingerprint density at radius 2 is 2.11 bits per heavy atom. The minimum atomic E-state index is 0.664. The van der Waals surface area contributed by atoms with Crippen molar-refractivity contribution in [3.63, 3.8) is 0 Å². The minimum absolute atomic E-state index is 0.664. The number of aromatic nitrogens is 1. The predicted molar refractivity (Wildman–Crippen MR) is 82.2 cm³/mol. The molecule has 2 nitrogen and oxygen atoms in total. The van der Waals surface area contributed by atoms with E-state index in [-0.39, 0.29) is 0 Å². The molecule has 2 aromatic rings. The summed E-state index contributed by atoms with van der Waals surface area (Å²) in [5.74, 6) is 0. The van der Waals surface area contributed by atoms with Crippen molar-refractivity contribution in [3.8, 4) is 0 Å². The average Bonchev–Trinajstić information content (AvgIpc) is 2.41. The zero-order valence-electron chi connectivity index (χ0n) is 10.5. The van der Waals surface area contributed by atoms with Gasteiger partial charge in [-0.15, -0.1) is 0 Å². The van der Waals surface area contributed by atoms with Crippen LogP contribution in [0.2, 0.25) is 10.0 Å². The molecule has 2 rings (SSSR count). The molecule has 1 N–H and O–H groups in total. The molecule has 1 aromatic heterocycles. The van der Waals surface area contributed by atoms with Crippen LogP contribution in [-0.2, 0) is 6.54 Å². The Morgan fingerprint density at radius 1 is 1.26 bits per heavy atom. The smallest absolute Gasteiger partial charge is 0.119 e. The van der Waals surface area contributed by atoms with Crippen LogP contribution in [0.5, 0.6) is 0 Å². The van der Waals surface area contributed by atoms with Crippen molar-refractivity contribution in [1.82, 2.24) is 10.3 Å². The molecule has 1 heterocycles. The normalized spacial score (nSPS) is 10.7. The molecule has 0 saturated carbocycles. The fraction of sp³-hybridized carbons (Fsp3) is 0.214. The van der Waals surface area contributed by atoms with E-state index in [2.05, 4.69) is 17.2 Å². The molecule has 5 heteroatoms. The fourth-order valence-corrected chi connectivity index (χ4v) is 2.91. The summed E-state index contributed by atoms with van der Waals surface area (Å²) in [5.41, 5.74) is 1.15. The molecular weight excluding hydrogens is 299 g/mol. The Labute approximate surface area is 127 Å². The second kappa shape index (κ2) is 7.15. The number of hydrogen-bond acceptors (Lipinski definition) is 3. The first-order valence-corrected chi connectivity index (χ1v) is 7.55. The fourth-order valence-electron chi connectivity index (χ4n) is 1.60. The standard InChI is InChI=1S/C14H14Cl2N2S/c1-2-17-9-10-8-11(15)5-6-13(10)19-14-12(16)4-3-7-18-14/h3-8,17H,2,9H2,1H3. The summed E-state index contributed by atoms with van der Waals surface area (Å²) >= 11 is 13.7. The van der Waals surface area contributed by atoms with Crippen LogP contribution >= 0.6 is 35.0 Å². The largest absolute Gasteiger partial charge is 0.313 e. The molecule has 0 amide bonds. The van der Waals surface area contributed by atoms with E-state index in [0.717, 1.165) is 33.6 Å². The summed E-state index contributed by atoms with van der Waals surface area (Å²) in [6, 6.07) is 9.54. The SMILES string of the molecule is CCNCc1cc(Cl)ccc1Sc1ncccc1Cl. The van der Waals surface area contributed by atoms with Crippen LogP contribution in [0.15, 0.2) is 46.5 Å². The van der Waals surface area contributed by atoms with E-state index in [9.17, 15) is 0 Å². The molecule has 0 radical (unpaired) electrons. The molecule has 0 saturated heterocycles. The lowest BCUT2D eigenvalue weighted by molar-refractivity contribution is 0.718. The topological polar surface area (TPSA) is 24.9 Å². The molecule has 1 aromatic carbocycles. The maximum atomic E-state index is 6.14. The van der Waals surface area contributed by atoms with Crippen molar-refractivity contribution in [2.24, 2.45) is 0 Å². The van der Waals surface area contributed by atoms with Crippen molar-refractivity contribution in [2.75, 3.05) is 6.54 Å². The van der Waals surface area contributed by atoms with Gasteiger partial charge in [0.1, 0.15) is 5.03 Å². The zero-order chi connectivity index (χ0) is 13.7. The third-order valence-corrected chi connectivity index (χ3v) is 4.31. The molecule has 19 heavy (non-hydrogen) atoms. The molecule has 0 aliphatic carbocycles. The highest BCUT2D eigenvalue weighted by Gasteiger charge is 2.08. The lowest BCUT2D eigenvalue weighted by Crippen LogP contribution is -2.12. The Balaban J connectivity index is 2.26. The van der Waals surface area contributed by atoms with Crippen molar-refractivity contribution in [2.45, 2.75) is 23.4 Å². The summed E-state index contributed by atoms with van der Waals surface area (Å²) in [4.78, 5) is 5.41. The Bertz CT molecular complexity index is 561. The summed E-state index contributed by atoms with van der Waals surface area (Å²) in [6.07, 6.45) is 1.74. The van der Waals surface area contributed by atoms with Crippen LogP contribution in [0, 0.1) is 0 Å². The highest BCUT2D eigenvalue weighted by molar-refractivity contribution is 7.99. The summed E-state index contributed by atoms with van der Waals surface area (Å²) in [7, 11) is 0. The van der Waals surface area contributed by atoms with Crippen LogP contribution in [-0.4, -0.2) is 11.5 Å². The van der Waals surface area contributed by atoms with Gasteiger partial charge < -0.3 is 5.32 Å². The summed E-state index contributed by atoms with van der Waals surface area (Å²) in [6.45, 7) is 3.78. The molecular formula is C14H14Cl2N2S. The van der Waals surface area contributed by atoms with Gasteiger partial charge in [-0.2, -0.15) is 0 Å². The van der Waals surface area contributed by atoms with E-state index < -0.39 is 0 Å². The van der Waals surface area contributed by atoms with Crippen LogP contribution in [0.1, 0.15) is 12.5 Å². The molecule has 0 aliphatic rings. The van der Waals surface area contributed by atoms with Gasteiger partial charge in [-0.1, -0.05) is 41.9 Å². The van der Waals surface area contributed by atoms with Crippen LogP contribution < -0.4 is 5.32 Å². The van der Waals surface area contributed by atoms with Gasteiger partial charge in [0.2, 0.25) is 0 Å². The van der Waals surface area contributed by atoms with Gasteiger partial charge in [0, 0.05) is 22.7 Å². The van der Waals surface area contributed by atoms with E-state index in [1.54, 1.807) is 18.0 Å². The van der Waals surface area contributed by atoms with Gasteiger partial charge in [-0.3, -0.25) is 0 Å². The van der Waals surface area contributed by atoms with Gasteiger partial charge in [0.15, 0.2) is 0 Å². The first-order chi connectivity index (χ1) is 9.20. The zero-order valence-corrected chi connectivity index (χ0v) is 12.8. The maximum absolute atomic E-state index is 6.14. The number of hydrogen-bond donors (Lipinski definition) is 1. The molecule has 0 atom stereocenters. The number of halogens is 2. The minimum Gasteiger partial charge on any atom is -0.313 e. The van der Waals surface area contributed by atoms with Crippen molar-refractivity contribution in [1.29, 1.82) is 0 Å². The van der Waals surface area contributed by atoms with E-state index in [1.165, 1.54) is 0 Å². The highest BCUT2D eigenvalue weighted by atomic mass is 35.5. The lowest BCUT2D eigenvalue weighted by atomic mass is 10.2. The lowest BCUT2D eigenvalue weighted by Gasteiger charge is -2.10. The molecule has 0 spiro atoms. The molecule has 100 valence electrons. The maximum Gasteiger partial charge on any atom is 0.119 e. The van der Waals surface area contributed by atoms with Crippen molar-refractivity contribution in [3.05, 3.63) is 52.1 Å². The van der Waals surface area contributed by atoms with E-state index >= 15 is 0 Å². The first kappa shape index (κ1) is 14.7. The van der Waals surface area contributed by atoms with Crippen molar-refractivity contribution >= 4 is 35.0 Å². The Kier molecular flexibility index (Phi) is 5.52. The summed E-state index contributed by atoms with van der Waals surface area (Å²) < 4.78 is 0. The molecule has 0 fully saturated rings. The van der Waals surface area contributed by atoms with Gasteiger partial charge in [0.25, 0.3) is 0 Å². The first-order valence-electron chi connectivity index (χ1n) is 5.98. The Morgan fingerprint density at radius 3 is 2.84 bits per heavy atom. The van der Waals surface area contributed by atoms with Gasteiger partial charge in [-0.25, -0.2) is 4.98 Å². The third-order valence-electron chi connectivity index (χ3n) is 2.52. The van der Waals surface area contributed by atoms with Crippen LogP contribution in [0.25, 0.3) is 0 Å². The highest BCUT2D eigenvalue weighted by Crippen LogP contribution is 2.34. The van der Waals surface area contributed by atoms with Crippen LogP contribution in [0.4, 0.5) is 0 Å². The molecule has 0 aliphatic heterocycles. The van der Waals surface area contributed by atoms with Crippen molar-refractivity contribution < 1.29 is 0 Å². The monoisotopic (exact) mass is 312 g/mol. The predicted octanol–water partition coefficient (Wildman–Crippen LogP) is 4.65. The van der Waals surface area contributed by atoms with E-state index in [0.29, 0.717) is 5.02 Å². The molecule has 0 unspecified atom stereocenters. The van der Waals surface area contributed by atoms with E-state index in [4.69, 9.17) is 23.2 Å². The second-order valence-corrected chi connectivity index (χ2v) is 5.80. The van der Waals surface area contributed by atoms with Gasteiger partial charge in [0.05, 0.1) is 5.02 Å². The van der Waals surface area contributed by atoms with Crippen LogP contribution in [0.3, 0.4) is 0 Å². The number of rotatable bonds is 5. The number of benzene rings is 1. The number of nitrogens with one attached hydrogen (secondary N) is 1. The third kappa shape index (κ3) is 4.11. The number of pyridine rings is 1. The molecule has 0 bridgehead atoms. The number of nitrogens with zero attached hydrogens (tertiary/aromatic N) is 1. The van der Waals surface area contributed by atoms with Gasteiger partial charge >= 0.3 is 0 Å². The quantitative estimate of drug-likeness (QED) is 0.870. The summed E-state index contributed by atoms with van der Waals surface area (Å²) in [5, 5.41) is 5.52. The average molecular weight is 313 g/mol. The second-order valence-electron chi connectivity index (χ2n) is 3.92. The Hall–Kier alpha value is -0.740. The van der Waals surface area contributed by atoms with Gasteiger partial charge in [-0.05, 0) is 42.4 Å².